The van der Waals surface area contributed by atoms with Crippen molar-refractivity contribution in [2.75, 3.05) is 13.1 Å². The third kappa shape index (κ3) is 4.71. The molecule has 0 aromatic heterocycles. The molecule has 1 aromatic rings. The van der Waals surface area contributed by atoms with E-state index < -0.39 is 11.8 Å². The Hall–Kier alpha value is -1.13. The van der Waals surface area contributed by atoms with E-state index in [1.165, 1.54) is 12.1 Å². The minimum absolute atomic E-state index is 0.0436. The zero-order valence-corrected chi connectivity index (χ0v) is 10.4. The van der Waals surface area contributed by atoms with Crippen LogP contribution in [0, 0.1) is 5.82 Å². The Morgan fingerprint density at radius 3 is 2.76 bits per heavy atom. The lowest BCUT2D eigenvalue weighted by Gasteiger charge is -2.19. The molecule has 94 valence electrons. The number of carbonyl (C=O) groups is 1. The highest BCUT2D eigenvalue weighted by molar-refractivity contribution is 6.30. The van der Waals surface area contributed by atoms with Crippen LogP contribution < -0.4 is 0 Å². The Labute approximate surface area is 105 Å². The summed E-state index contributed by atoms with van der Waals surface area (Å²) in [5, 5.41) is 8.83. The summed E-state index contributed by atoms with van der Waals surface area (Å²) in [5.74, 6) is -1.36. The lowest BCUT2D eigenvalue weighted by atomic mass is 10.2. The summed E-state index contributed by atoms with van der Waals surface area (Å²) in [6, 6.07) is 4.53. The fourth-order valence-corrected chi connectivity index (χ4v) is 1.74. The molecule has 0 atom stereocenters. The highest BCUT2D eigenvalue weighted by Gasteiger charge is 2.10. The highest BCUT2D eigenvalue weighted by Crippen LogP contribution is 2.16. The van der Waals surface area contributed by atoms with Crippen molar-refractivity contribution < 1.29 is 14.3 Å². The zero-order chi connectivity index (χ0) is 12.8. The molecule has 0 aliphatic heterocycles. The summed E-state index contributed by atoms with van der Waals surface area (Å²) in [7, 11) is 0. The first kappa shape index (κ1) is 13.9. The van der Waals surface area contributed by atoms with Crippen molar-refractivity contribution >= 4 is 17.6 Å². The molecule has 0 unspecified atom stereocenters. The van der Waals surface area contributed by atoms with Crippen molar-refractivity contribution in [3.8, 4) is 0 Å². The van der Waals surface area contributed by atoms with Gasteiger partial charge in [0, 0.05) is 6.54 Å². The van der Waals surface area contributed by atoms with E-state index in [0.29, 0.717) is 13.1 Å². The van der Waals surface area contributed by atoms with Crippen molar-refractivity contribution in [2.24, 2.45) is 0 Å². The van der Waals surface area contributed by atoms with E-state index in [-0.39, 0.29) is 11.6 Å². The molecule has 0 amide bonds. The molecule has 0 saturated heterocycles. The van der Waals surface area contributed by atoms with Crippen molar-refractivity contribution in [1.82, 2.24) is 4.90 Å². The Bertz CT molecular complexity index is 398. The molecule has 1 rings (SSSR count). The van der Waals surface area contributed by atoms with Crippen LogP contribution in [0.5, 0.6) is 0 Å². The minimum Gasteiger partial charge on any atom is -0.480 e. The molecule has 1 N–H and O–H groups in total. The van der Waals surface area contributed by atoms with Crippen molar-refractivity contribution in [1.29, 1.82) is 0 Å². The number of aliphatic carboxylic acids is 1. The molecule has 0 fully saturated rings. The molecule has 17 heavy (non-hydrogen) atoms. The second kappa shape index (κ2) is 6.57. The number of rotatable bonds is 6. The monoisotopic (exact) mass is 259 g/mol. The van der Waals surface area contributed by atoms with Gasteiger partial charge in [0.05, 0.1) is 11.6 Å². The van der Waals surface area contributed by atoms with E-state index in [4.69, 9.17) is 16.7 Å². The van der Waals surface area contributed by atoms with Gasteiger partial charge in [-0.1, -0.05) is 24.6 Å². The molecule has 0 heterocycles. The molecular weight excluding hydrogens is 245 g/mol. The minimum atomic E-state index is -0.882. The molecule has 0 saturated carbocycles. The van der Waals surface area contributed by atoms with Gasteiger partial charge < -0.3 is 5.11 Å². The smallest absolute Gasteiger partial charge is 0.317 e. The van der Waals surface area contributed by atoms with E-state index in [9.17, 15) is 9.18 Å². The number of nitrogens with zero attached hydrogens (tertiary/aromatic N) is 1. The maximum atomic E-state index is 13.2. The topological polar surface area (TPSA) is 40.5 Å². The molecule has 0 aliphatic rings. The lowest BCUT2D eigenvalue weighted by molar-refractivity contribution is -0.138. The van der Waals surface area contributed by atoms with E-state index in [2.05, 4.69) is 0 Å². The summed E-state index contributed by atoms with van der Waals surface area (Å²) >= 11 is 5.58. The van der Waals surface area contributed by atoms with Crippen LogP contribution in [-0.2, 0) is 11.3 Å². The van der Waals surface area contributed by atoms with Crippen LogP contribution >= 0.6 is 11.6 Å². The van der Waals surface area contributed by atoms with Gasteiger partial charge in [-0.05, 0) is 30.7 Å². The average molecular weight is 260 g/mol. The van der Waals surface area contributed by atoms with Crippen LogP contribution in [0.4, 0.5) is 4.39 Å². The van der Waals surface area contributed by atoms with Crippen LogP contribution in [0.2, 0.25) is 5.02 Å². The fourth-order valence-electron chi connectivity index (χ4n) is 1.62. The largest absolute Gasteiger partial charge is 0.480 e. The van der Waals surface area contributed by atoms with Crippen LogP contribution in [0.15, 0.2) is 18.2 Å². The Morgan fingerprint density at radius 2 is 2.24 bits per heavy atom. The number of carboxylic acids is 1. The van der Waals surface area contributed by atoms with E-state index in [1.807, 2.05) is 6.92 Å². The quantitative estimate of drug-likeness (QED) is 0.854. The van der Waals surface area contributed by atoms with Gasteiger partial charge in [0.25, 0.3) is 0 Å². The summed E-state index contributed by atoms with van der Waals surface area (Å²) in [5.41, 5.74) is 0.724. The molecule has 0 aliphatic carbocycles. The van der Waals surface area contributed by atoms with Crippen LogP contribution in [0.25, 0.3) is 0 Å². The SMILES string of the molecule is CCCN(CC(=O)O)Cc1ccc(Cl)c(F)c1. The standard InChI is InChI=1S/C12H15ClFNO2/c1-2-5-15(8-12(16)17)7-9-3-4-10(13)11(14)6-9/h3-4,6H,2,5,7-8H2,1H3,(H,16,17). The predicted octanol–water partition coefficient (Wildman–Crippen LogP) is 2.78. The normalized spacial score (nSPS) is 10.8. The Morgan fingerprint density at radius 1 is 1.53 bits per heavy atom. The van der Waals surface area contributed by atoms with Gasteiger partial charge >= 0.3 is 5.97 Å². The van der Waals surface area contributed by atoms with E-state index in [1.54, 1.807) is 11.0 Å². The molecule has 0 spiro atoms. The van der Waals surface area contributed by atoms with Gasteiger partial charge in [0.1, 0.15) is 5.82 Å². The van der Waals surface area contributed by atoms with Crippen LogP contribution in [-0.4, -0.2) is 29.1 Å². The first-order valence-electron chi connectivity index (χ1n) is 5.41. The van der Waals surface area contributed by atoms with Gasteiger partial charge in [0.15, 0.2) is 0 Å². The lowest BCUT2D eigenvalue weighted by Crippen LogP contribution is -2.30. The number of benzene rings is 1. The molecule has 5 heteroatoms. The van der Waals surface area contributed by atoms with Gasteiger partial charge in [-0.25, -0.2) is 4.39 Å². The van der Waals surface area contributed by atoms with Gasteiger partial charge in [-0.15, -0.1) is 0 Å². The second-order valence-electron chi connectivity index (χ2n) is 3.85. The summed E-state index contributed by atoms with van der Waals surface area (Å²) in [4.78, 5) is 12.4. The third-order valence-electron chi connectivity index (χ3n) is 2.29. The van der Waals surface area contributed by atoms with Gasteiger partial charge in [0.2, 0.25) is 0 Å². The average Bonchev–Trinajstić information content (AvgIpc) is 2.23. The zero-order valence-electron chi connectivity index (χ0n) is 9.62. The van der Waals surface area contributed by atoms with Crippen molar-refractivity contribution in [3.63, 3.8) is 0 Å². The summed E-state index contributed by atoms with van der Waals surface area (Å²) in [6.07, 6.45) is 0.851. The number of carboxylic acid groups (broad SMARTS) is 1. The summed E-state index contributed by atoms with van der Waals surface area (Å²) < 4.78 is 13.2. The Kier molecular flexibility index (Phi) is 5.38. The van der Waals surface area contributed by atoms with E-state index in [0.717, 1.165) is 12.0 Å². The molecule has 0 bridgehead atoms. The molecular formula is C12H15ClFNO2. The molecule has 0 radical (unpaired) electrons. The summed E-state index contributed by atoms with van der Waals surface area (Å²) in [6.45, 7) is 3.00. The fraction of sp³-hybridized carbons (Fsp3) is 0.417. The number of hydrogen-bond donors (Lipinski definition) is 1. The third-order valence-corrected chi connectivity index (χ3v) is 2.60. The van der Waals surface area contributed by atoms with Crippen molar-refractivity contribution in [2.45, 2.75) is 19.9 Å². The number of halogens is 2. The first-order chi connectivity index (χ1) is 8.02. The highest BCUT2D eigenvalue weighted by atomic mass is 35.5. The maximum absolute atomic E-state index is 13.2. The van der Waals surface area contributed by atoms with Gasteiger partial charge in [-0.3, -0.25) is 9.69 Å². The van der Waals surface area contributed by atoms with Crippen LogP contribution in [0.1, 0.15) is 18.9 Å². The first-order valence-corrected chi connectivity index (χ1v) is 5.78. The maximum Gasteiger partial charge on any atom is 0.317 e. The van der Waals surface area contributed by atoms with Gasteiger partial charge in [-0.2, -0.15) is 0 Å². The second-order valence-corrected chi connectivity index (χ2v) is 4.26. The van der Waals surface area contributed by atoms with Crippen molar-refractivity contribution in [3.05, 3.63) is 34.6 Å². The predicted molar refractivity (Wildman–Crippen MR) is 64.6 cm³/mol. The van der Waals surface area contributed by atoms with E-state index >= 15 is 0 Å². The Balaban J connectivity index is 2.71. The molecule has 1 aromatic carbocycles. The molecule has 3 nitrogen and oxygen atoms in total. The number of hydrogen-bond acceptors (Lipinski definition) is 2. The van der Waals surface area contributed by atoms with Crippen LogP contribution in [0.3, 0.4) is 0 Å².